The summed E-state index contributed by atoms with van der Waals surface area (Å²) in [6.45, 7) is 0. The first-order valence-electron chi connectivity index (χ1n) is 6.23. The van der Waals surface area contributed by atoms with Crippen molar-refractivity contribution in [3.8, 4) is 0 Å². The van der Waals surface area contributed by atoms with Crippen molar-refractivity contribution in [2.75, 3.05) is 0 Å². The van der Waals surface area contributed by atoms with E-state index in [0.717, 1.165) is 11.0 Å². The summed E-state index contributed by atoms with van der Waals surface area (Å²) in [7, 11) is 0. The maximum atomic E-state index is 11.8. The fourth-order valence-electron chi connectivity index (χ4n) is 1.87. The van der Waals surface area contributed by atoms with Gasteiger partial charge in [0.1, 0.15) is 12.1 Å². The number of hydrogen-bond acceptors (Lipinski definition) is 4. The van der Waals surface area contributed by atoms with Crippen molar-refractivity contribution in [1.82, 2.24) is 14.9 Å². The van der Waals surface area contributed by atoms with Gasteiger partial charge < -0.3 is 4.42 Å². The Morgan fingerprint density at radius 3 is 2.95 bits per heavy atom. The molecule has 0 bridgehead atoms. The molecule has 0 spiro atoms. The van der Waals surface area contributed by atoms with Crippen molar-refractivity contribution < 1.29 is 9.21 Å². The SMILES string of the molecule is O=C(/C=C/c1ccco1)NC(=S)n1cnc2ccccc21. The zero-order valence-electron chi connectivity index (χ0n) is 10.9. The van der Waals surface area contributed by atoms with Crippen LogP contribution in [-0.2, 0) is 4.79 Å². The zero-order chi connectivity index (χ0) is 14.7. The van der Waals surface area contributed by atoms with Gasteiger partial charge in [-0.3, -0.25) is 14.7 Å². The number of imidazole rings is 1. The molecule has 1 aromatic carbocycles. The summed E-state index contributed by atoms with van der Waals surface area (Å²) in [4.78, 5) is 16.0. The molecular formula is C15H11N3O2S. The Kier molecular flexibility index (Phi) is 3.61. The third-order valence-corrected chi connectivity index (χ3v) is 3.14. The number of hydrogen-bond donors (Lipinski definition) is 1. The smallest absolute Gasteiger partial charge is 0.250 e. The van der Waals surface area contributed by atoms with Crippen molar-refractivity contribution in [2.45, 2.75) is 0 Å². The van der Waals surface area contributed by atoms with E-state index in [1.165, 1.54) is 6.08 Å². The Morgan fingerprint density at radius 2 is 2.14 bits per heavy atom. The van der Waals surface area contributed by atoms with Gasteiger partial charge in [0.05, 0.1) is 17.3 Å². The Balaban J connectivity index is 1.73. The van der Waals surface area contributed by atoms with E-state index in [2.05, 4.69) is 10.3 Å². The highest BCUT2D eigenvalue weighted by molar-refractivity contribution is 7.80. The van der Waals surface area contributed by atoms with Gasteiger partial charge in [-0.05, 0) is 42.6 Å². The van der Waals surface area contributed by atoms with Gasteiger partial charge in [0.2, 0.25) is 5.91 Å². The molecule has 21 heavy (non-hydrogen) atoms. The summed E-state index contributed by atoms with van der Waals surface area (Å²) in [6, 6.07) is 11.1. The quantitative estimate of drug-likeness (QED) is 0.583. The molecule has 3 aromatic rings. The van der Waals surface area contributed by atoms with Crippen LogP contribution in [0.4, 0.5) is 0 Å². The molecule has 0 aliphatic heterocycles. The van der Waals surface area contributed by atoms with Crippen LogP contribution in [0.15, 0.2) is 59.5 Å². The number of thiocarbonyl (C=S) groups is 1. The van der Waals surface area contributed by atoms with Gasteiger partial charge in [0.15, 0.2) is 5.11 Å². The zero-order valence-corrected chi connectivity index (χ0v) is 11.7. The second-order valence-corrected chi connectivity index (χ2v) is 4.63. The largest absolute Gasteiger partial charge is 0.465 e. The Bertz CT molecular complexity index is 818. The molecule has 0 unspecified atom stereocenters. The maximum Gasteiger partial charge on any atom is 0.250 e. The van der Waals surface area contributed by atoms with Crippen molar-refractivity contribution in [1.29, 1.82) is 0 Å². The molecule has 3 rings (SSSR count). The van der Waals surface area contributed by atoms with E-state index in [4.69, 9.17) is 16.6 Å². The molecule has 2 aromatic heterocycles. The van der Waals surface area contributed by atoms with Gasteiger partial charge in [-0.2, -0.15) is 0 Å². The predicted molar refractivity (Wildman–Crippen MR) is 83.6 cm³/mol. The fraction of sp³-hybridized carbons (Fsp3) is 0. The average Bonchev–Trinajstić information content (AvgIpc) is 3.14. The van der Waals surface area contributed by atoms with Gasteiger partial charge in [-0.1, -0.05) is 12.1 Å². The molecule has 0 radical (unpaired) electrons. The normalized spacial score (nSPS) is 11.0. The van der Waals surface area contributed by atoms with Gasteiger partial charge in [-0.25, -0.2) is 4.98 Å². The summed E-state index contributed by atoms with van der Waals surface area (Å²) in [5.74, 6) is 0.276. The standard InChI is InChI=1S/C15H11N3O2S/c19-14(8-7-11-4-3-9-20-11)17-15(21)18-10-16-12-5-1-2-6-13(12)18/h1-10H,(H,17,19,21)/b8-7+. The molecule has 0 saturated carbocycles. The number of furan rings is 1. The van der Waals surface area contributed by atoms with Crippen LogP contribution in [0.1, 0.15) is 5.76 Å². The first-order valence-corrected chi connectivity index (χ1v) is 6.64. The van der Waals surface area contributed by atoms with E-state index >= 15 is 0 Å². The number of fused-ring (bicyclic) bond motifs is 1. The monoisotopic (exact) mass is 297 g/mol. The third-order valence-electron chi connectivity index (χ3n) is 2.84. The lowest BCUT2D eigenvalue weighted by molar-refractivity contribution is -0.115. The number of benzene rings is 1. The van der Waals surface area contributed by atoms with Gasteiger partial charge in [-0.15, -0.1) is 0 Å². The molecule has 1 N–H and O–H groups in total. The number of carbonyl (C=O) groups excluding carboxylic acids is 1. The molecular weight excluding hydrogens is 286 g/mol. The van der Waals surface area contributed by atoms with Crippen LogP contribution in [0.3, 0.4) is 0 Å². The van der Waals surface area contributed by atoms with Crippen LogP contribution in [0.5, 0.6) is 0 Å². The van der Waals surface area contributed by atoms with Crippen LogP contribution in [-0.4, -0.2) is 20.6 Å². The summed E-state index contributed by atoms with van der Waals surface area (Å²) in [5, 5.41) is 2.90. The fourth-order valence-corrected chi connectivity index (χ4v) is 2.12. The van der Waals surface area contributed by atoms with Crippen LogP contribution in [0, 0.1) is 0 Å². The molecule has 6 heteroatoms. The second kappa shape index (κ2) is 5.72. The van der Waals surface area contributed by atoms with Gasteiger partial charge >= 0.3 is 0 Å². The minimum absolute atomic E-state index is 0.276. The average molecular weight is 297 g/mol. The second-order valence-electron chi connectivity index (χ2n) is 4.25. The van der Waals surface area contributed by atoms with Crippen molar-refractivity contribution in [3.05, 3.63) is 60.8 Å². The lowest BCUT2D eigenvalue weighted by atomic mass is 10.3. The highest BCUT2D eigenvalue weighted by Gasteiger charge is 2.07. The number of carbonyl (C=O) groups is 1. The highest BCUT2D eigenvalue weighted by Crippen LogP contribution is 2.11. The Hall–Kier alpha value is -2.73. The number of amides is 1. The summed E-state index contributed by atoms with van der Waals surface area (Å²) < 4.78 is 6.76. The van der Waals surface area contributed by atoms with Crippen molar-refractivity contribution in [2.24, 2.45) is 0 Å². The molecule has 0 aliphatic rings. The van der Waals surface area contributed by atoms with Crippen LogP contribution in [0.25, 0.3) is 17.1 Å². The Labute approximate surface area is 125 Å². The van der Waals surface area contributed by atoms with Gasteiger partial charge in [0.25, 0.3) is 0 Å². The first-order chi connectivity index (χ1) is 10.2. The van der Waals surface area contributed by atoms with E-state index < -0.39 is 0 Å². The van der Waals surface area contributed by atoms with Crippen molar-refractivity contribution in [3.63, 3.8) is 0 Å². The topological polar surface area (TPSA) is 60.1 Å². The van der Waals surface area contributed by atoms with Crippen LogP contribution >= 0.6 is 12.2 Å². The molecule has 0 saturated heterocycles. The first kappa shape index (κ1) is 13.3. The highest BCUT2D eigenvalue weighted by atomic mass is 32.1. The lowest BCUT2D eigenvalue weighted by Crippen LogP contribution is -2.32. The van der Waals surface area contributed by atoms with E-state index in [1.54, 1.807) is 35.4 Å². The number of nitrogens with zero attached hydrogens (tertiary/aromatic N) is 2. The molecule has 0 atom stereocenters. The molecule has 0 fully saturated rings. The van der Waals surface area contributed by atoms with E-state index in [-0.39, 0.29) is 11.0 Å². The molecule has 1 amide bonds. The molecule has 2 heterocycles. The number of para-hydroxylation sites is 2. The van der Waals surface area contributed by atoms with Crippen LogP contribution in [0.2, 0.25) is 0 Å². The Morgan fingerprint density at radius 1 is 1.29 bits per heavy atom. The molecule has 0 aliphatic carbocycles. The lowest BCUT2D eigenvalue weighted by Gasteiger charge is -2.06. The minimum atomic E-state index is -0.325. The number of aromatic nitrogens is 2. The van der Waals surface area contributed by atoms with Crippen LogP contribution < -0.4 is 5.32 Å². The summed E-state index contributed by atoms with van der Waals surface area (Å²) in [6.07, 6.45) is 6.07. The minimum Gasteiger partial charge on any atom is -0.465 e. The third kappa shape index (κ3) is 2.90. The number of nitrogens with one attached hydrogen (secondary N) is 1. The van der Waals surface area contributed by atoms with Gasteiger partial charge in [0, 0.05) is 6.08 Å². The number of rotatable bonds is 2. The predicted octanol–water partition coefficient (Wildman–Crippen LogP) is 2.59. The summed E-state index contributed by atoms with van der Waals surface area (Å²) in [5.41, 5.74) is 1.66. The maximum absolute atomic E-state index is 11.8. The molecule has 5 nitrogen and oxygen atoms in total. The molecule has 104 valence electrons. The van der Waals surface area contributed by atoms with E-state index in [1.807, 2.05) is 24.3 Å². The summed E-state index contributed by atoms with van der Waals surface area (Å²) >= 11 is 5.23. The van der Waals surface area contributed by atoms with E-state index in [0.29, 0.717) is 5.76 Å². The van der Waals surface area contributed by atoms with Crippen molar-refractivity contribution >= 4 is 40.3 Å². The van der Waals surface area contributed by atoms with E-state index in [9.17, 15) is 4.79 Å².